The summed E-state index contributed by atoms with van der Waals surface area (Å²) in [6.07, 6.45) is -4.78. The second kappa shape index (κ2) is 5.15. The number of benzene rings is 1. The third kappa shape index (κ3) is 3.19. The van der Waals surface area contributed by atoms with Crippen molar-refractivity contribution in [3.8, 4) is 12.1 Å². The average molecular weight is 256 g/mol. The Morgan fingerprint density at radius 2 is 1.83 bits per heavy atom. The van der Waals surface area contributed by atoms with Crippen LogP contribution in [-0.2, 0) is 6.18 Å². The maximum absolute atomic E-state index is 12.7. The molecule has 0 aliphatic rings. The van der Waals surface area contributed by atoms with Crippen molar-refractivity contribution in [3.63, 3.8) is 0 Å². The lowest BCUT2D eigenvalue weighted by molar-refractivity contribution is -0.137. The number of nitriles is 2. The molecule has 0 aliphatic carbocycles. The van der Waals surface area contributed by atoms with Gasteiger partial charge in [0.25, 0.3) is 0 Å². The predicted octanol–water partition coefficient (Wildman–Crippen LogP) is 2.66. The summed E-state index contributed by atoms with van der Waals surface area (Å²) < 4.78 is 50.3. The quantitative estimate of drug-likeness (QED) is 0.502. The minimum absolute atomic E-state index is 0.288. The molecule has 18 heavy (non-hydrogen) atoms. The van der Waals surface area contributed by atoms with Crippen LogP contribution in [-0.4, -0.2) is 5.71 Å². The number of anilines is 1. The zero-order chi connectivity index (χ0) is 13.8. The van der Waals surface area contributed by atoms with Gasteiger partial charge in [0, 0.05) is 0 Å². The van der Waals surface area contributed by atoms with Gasteiger partial charge in [-0.25, -0.2) is 4.39 Å². The third-order valence-corrected chi connectivity index (χ3v) is 1.79. The molecule has 0 unspecified atom stereocenters. The van der Waals surface area contributed by atoms with E-state index in [0.717, 1.165) is 12.1 Å². The minimum Gasteiger partial charge on any atom is -0.276 e. The van der Waals surface area contributed by atoms with Gasteiger partial charge >= 0.3 is 6.18 Å². The first kappa shape index (κ1) is 13.5. The van der Waals surface area contributed by atoms with Crippen LogP contribution in [0.15, 0.2) is 23.3 Å². The highest BCUT2D eigenvalue weighted by Crippen LogP contribution is 2.35. The monoisotopic (exact) mass is 256 g/mol. The molecular weight excluding hydrogens is 252 g/mol. The van der Waals surface area contributed by atoms with Crippen LogP contribution in [0.4, 0.5) is 23.2 Å². The molecule has 0 atom stereocenters. The average Bonchev–Trinajstić information content (AvgIpc) is 2.30. The molecule has 1 N–H and O–H groups in total. The van der Waals surface area contributed by atoms with Gasteiger partial charge in [-0.3, -0.25) is 5.43 Å². The summed E-state index contributed by atoms with van der Waals surface area (Å²) in [4.78, 5) is 0. The van der Waals surface area contributed by atoms with Crippen molar-refractivity contribution in [2.45, 2.75) is 6.18 Å². The molecule has 8 heteroatoms. The molecule has 0 heterocycles. The Hall–Kier alpha value is -2.61. The Morgan fingerprint density at radius 1 is 1.22 bits per heavy atom. The molecule has 0 radical (unpaired) electrons. The fourth-order valence-corrected chi connectivity index (χ4v) is 1.04. The van der Waals surface area contributed by atoms with Crippen LogP contribution in [0, 0.1) is 28.5 Å². The van der Waals surface area contributed by atoms with Crippen molar-refractivity contribution in [1.29, 1.82) is 10.5 Å². The van der Waals surface area contributed by atoms with Gasteiger partial charge in [-0.15, -0.1) is 0 Å². The van der Waals surface area contributed by atoms with Crippen molar-refractivity contribution in [3.05, 3.63) is 29.6 Å². The molecule has 0 saturated carbocycles. The normalized spacial score (nSPS) is 10.1. The third-order valence-electron chi connectivity index (χ3n) is 1.79. The number of nitrogens with one attached hydrogen (secondary N) is 1. The van der Waals surface area contributed by atoms with Gasteiger partial charge in [0.1, 0.15) is 18.0 Å². The van der Waals surface area contributed by atoms with Gasteiger partial charge in [-0.1, -0.05) is 0 Å². The predicted molar refractivity (Wildman–Crippen MR) is 53.7 cm³/mol. The summed E-state index contributed by atoms with van der Waals surface area (Å²) in [5.74, 6) is -1.06. The number of hydrazone groups is 1. The van der Waals surface area contributed by atoms with Gasteiger partial charge in [0.05, 0.1) is 11.3 Å². The molecule has 1 aromatic rings. The van der Waals surface area contributed by atoms with Crippen LogP contribution >= 0.6 is 0 Å². The maximum atomic E-state index is 12.7. The largest absolute Gasteiger partial charge is 0.418 e. The first-order valence-electron chi connectivity index (χ1n) is 4.39. The highest BCUT2D eigenvalue weighted by Gasteiger charge is 2.34. The lowest BCUT2D eigenvalue weighted by atomic mass is 10.1. The van der Waals surface area contributed by atoms with E-state index in [9.17, 15) is 17.6 Å². The van der Waals surface area contributed by atoms with Crippen molar-refractivity contribution in [1.82, 2.24) is 0 Å². The Kier molecular flexibility index (Phi) is 3.85. The van der Waals surface area contributed by atoms with E-state index < -0.39 is 29.0 Å². The van der Waals surface area contributed by atoms with Crippen LogP contribution in [0.2, 0.25) is 0 Å². The first-order chi connectivity index (χ1) is 8.38. The van der Waals surface area contributed by atoms with Crippen molar-refractivity contribution in [2.24, 2.45) is 5.10 Å². The van der Waals surface area contributed by atoms with Gasteiger partial charge in [0.2, 0.25) is 5.71 Å². The molecule has 0 spiro atoms. The number of hydrogen-bond donors (Lipinski definition) is 1. The molecule has 1 rings (SSSR count). The number of halogens is 4. The molecule has 92 valence electrons. The molecule has 4 nitrogen and oxygen atoms in total. The second-order valence-corrected chi connectivity index (χ2v) is 2.98. The minimum atomic E-state index is -4.78. The number of hydrogen-bond acceptors (Lipinski definition) is 4. The molecule has 0 aliphatic heterocycles. The summed E-state index contributed by atoms with van der Waals surface area (Å²) >= 11 is 0. The van der Waals surface area contributed by atoms with E-state index in [2.05, 4.69) is 5.10 Å². The Balaban J connectivity index is 3.16. The number of nitrogens with zero attached hydrogens (tertiary/aromatic N) is 3. The maximum Gasteiger partial charge on any atom is 0.418 e. The van der Waals surface area contributed by atoms with Crippen molar-refractivity contribution < 1.29 is 17.6 Å². The van der Waals surface area contributed by atoms with Gasteiger partial charge in [-0.2, -0.15) is 28.8 Å². The second-order valence-electron chi connectivity index (χ2n) is 2.98. The standard InChI is InChI=1S/C10H4F4N4/c11-6-1-2-9(8(3-6)10(12,13)14)18-17-7(4-15)5-16/h1-3,18H. The summed E-state index contributed by atoms with van der Waals surface area (Å²) in [6, 6.07) is 4.62. The van der Waals surface area contributed by atoms with E-state index >= 15 is 0 Å². The van der Waals surface area contributed by atoms with Crippen LogP contribution in [0.25, 0.3) is 0 Å². The van der Waals surface area contributed by atoms with E-state index in [1.165, 1.54) is 12.1 Å². The van der Waals surface area contributed by atoms with Crippen LogP contribution in [0.3, 0.4) is 0 Å². The van der Waals surface area contributed by atoms with E-state index in [0.29, 0.717) is 0 Å². The molecule has 0 fully saturated rings. The molecule has 0 aromatic heterocycles. The van der Waals surface area contributed by atoms with Gasteiger partial charge in [0.15, 0.2) is 0 Å². The topological polar surface area (TPSA) is 72.0 Å². The van der Waals surface area contributed by atoms with E-state index in [4.69, 9.17) is 10.5 Å². The van der Waals surface area contributed by atoms with Crippen LogP contribution in [0.1, 0.15) is 5.56 Å². The zero-order valence-corrected chi connectivity index (χ0v) is 8.59. The molecule has 0 bridgehead atoms. The number of rotatable bonds is 2. The lowest BCUT2D eigenvalue weighted by Crippen LogP contribution is -2.10. The van der Waals surface area contributed by atoms with Crippen molar-refractivity contribution in [2.75, 3.05) is 5.43 Å². The zero-order valence-electron chi connectivity index (χ0n) is 8.59. The molecule has 0 amide bonds. The fraction of sp³-hybridized carbons (Fsp3) is 0.100. The number of alkyl halides is 3. The SMILES string of the molecule is N#CC(C#N)=NNc1ccc(F)cc1C(F)(F)F. The highest BCUT2D eigenvalue weighted by atomic mass is 19.4. The van der Waals surface area contributed by atoms with Gasteiger partial charge in [-0.05, 0) is 18.2 Å². The highest BCUT2D eigenvalue weighted by molar-refractivity contribution is 6.10. The molecule has 0 saturated heterocycles. The lowest BCUT2D eigenvalue weighted by Gasteiger charge is -2.11. The van der Waals surface area contributed by atoms with Gasteiger partial charge < -0.3 is 0 Å². The fourth-order valence-electron chi connectivity index (χ4n) is 1.04. The Morgan fingerprint density at radius 3 is 2.33 bits per heavy atom. The smallest absolute Gasteiger partial charge is 0.276 e. The summed E-state index contributed by atoms with van der Waals surface area (Å²) in [6.45, 7) is 0. The van der Waals surface area contributed by atoms with E-state index in [1.54, 1.807) is 0 Å². The Labute approximate surface area is 98.8 Å². The summed E-state index contributed by atoms with van der Waals surface area (Å²) in [5.41, 5.74) is -0.566. The summed E-state index contributed by atoms with van der Waals surface area (Å²) in [5, 5.41) is 19.9. The molecular formula is C10H4F4N4. The van der Waals surface area contributed by atoms with Crippen LogP contribution < -0.4 is 5.43 Å². The first-order valence-corrected chi connectivity index (χ1v) is 4.39. The van der Waals surface area contributed by atoms with Crippen molar-refractivity contribution >= 4 is 11.4 Å². The van der Waals surface area contributed by atoms with E-state index in [1.807, 2.05) is 5.43 Å². The Bertz CT molecular complexity index is 547. The van der Waals surface area contributed by atoms with Crippen LogP contribution in [0.5, 0.6) is 0 Å². The summed E-state index contributed by atoms with van der Waals surface area (Å²) in [7, 11) is 0. The molecule has 1 aromatic carbocycles. The van der Waals surface area contributed by atoms with E-state index in [-0.39, 0.29) is 6.07 Å².